The summed E-state index contributed by atoms with van der Waals surface area (Å²) in [5.41, 5.74) is 15.6. The predicted molar refractivity (Wildman–Crippen MR) is 449 cm³/mol. The first-order chi connectivity index (χ1) is 53.0. The van der Waals surface area contributed by atoms with Gasteiger partial charge in [-0.1, -0.05) is 104 Å². The molecule has 16 saturated carbocycles. The van der Waals surface area contributed by atoms with Gasteiger partial charge < -0.3 is 32.3 Å². The number of fused-ring (bicyclic) bond motifs is 4. The second kappa shape index (κ2) is 33.5. The number of hydrogen-bond acceptors (Lipinski definition) is 8. The van der Waals surface area contributed by atoms with Crippen molar-refractivity contribution in [2.75, 3.05) is 52.4 Å². The van der Waals surface area contributed by atoms with E-state index in [1.165, 1.54) is 175 Å². The fourth-order valence-electron chi connectivity index (χ4n) is 31.3. The summed E-state index contributed by atoms with van der Waals surface area (Å²) in [6, 6.07) is 34.0. The van der Waals surface area contributed by atoms with E-state index in [4.69, 9.17) is 5.73 Å². The van der Waals surface area contributed by atoms with Crippen molar-refractivity contribution in [2.45, 2.75) is 251 Å². The number of carbonyl (C=O) groups is 5. The average Bonchev–Trinajstić information content (AvgIpc) is 1.05. The Hall–Kier alpha value is -4.14. The Morgan fingerprint density at radius 1 is 0.416 bits per heavy atom. The summed E-state index contributed by atoms with van der Waals surface area (Å²) < 4.78 is 0. The van der Waals surface area contributed by atoms with E-state index in [9.17, 15) is 29.1 Å². The topological polar surface area (TPSA) is 153 Å². The first-order valence-electron chi connectivity index (χ1n) is 45.4. The Morgan fingerprint density at radius 3 is 1.19 bits per heavy atom. The Balaban J connectivity index is 0.000000115. The average molecular weight is 1560 g/mol. The van der Waals surface area contributed by atoms with Crippen LogP contribution in [-0.2, 0) is 46.5 Å². The van der Waals surface area contributed by atoms with Crippen LogP contribution in [0.3, 0.4) is 0 Å². The maximum atomic E-state index is 13.4. The molecule has 4 atom stereocenters. The van der Waals surface area contributed by atoms with Crippen molar-refractivity contribution >= 4 is 50.1 Å². The van der Waals surface area contributed by atoms with E-state index >= 15 is 0 Å². The van der Waals surface area contributed by atoms with Crippen LogP contribution in [0, 0.1) is 134 Å². The summed E-state index contributed by atoms with van der Waals surface area (Å²) in [6.07, 6.45) is 44.3. The molecule has 4 heterocycles. The molecule has 24 aliphatic rings. The number of halogens is 1. The van der Waals surface area contributed by atoms with Crippen molar-refractivity contribution in [3.8, 4) is 0 Å². The molecule has 4 unspecified atom stereocenters. The molecule has 20 fully saturated rings. The van der Waals surface area contributed by atoms with Gasteiger partial charge in [-0.05, 0) is 370 Å². The monoisotopic (exact) mass is 1560 g/mol. The quantitative estimate of drug-likeness (QED) is 0.161. The number of amides is 3. The van der Waals surface area contributed by atoms with Crippen LogP contribution >= 0.6 is 12.4 Å². The van der Waals surface area contributed by atoms with E-state index in [0.717, 1.165) is 234 Å². The third kappa shape index (κ3) is 15.8. The molecule has 16 bridgehead atoms. The minimum Gasteiger partial charge on any atom is -1.00 e. The molecule has 113 heavy (non-hydrogen) atoms. The first-order valence-corrected chi connectivity index (χ1v) is 45.4. The van der Waals surface area contributed by atoms with Gasteiger partial charge in [-0.15, -0.1) is 12.4 Å². The molecule has 0 aromatic heterocycles. The van der Waals surface area contributed by atoms with E-state index in [-0.39, 0.29) is 81.3 Å². The van der Waals surface area contributed by atoms with Crippen LogP contribution in [0.4, 0.5) is 0 Å². The molecule has 14 heteroatoms. The first kappa shape index (κ1) is 82.6. The minimum atomic E-state index is -0.416. The van der Waals surface area contributed by atoms with Crippen LogP contribution in [0.25, 0.3) is 0 Å². The van der Waals surface area contributed by atoms with Crippen molar-refractivity contribution in [3.05, 3.63) is 142 Å². The van der Waals surface area contributed by atoms with Crippen LogP contribution in [0.5, 0.6) is 0 Å². The van der Waals surface area contributed by atoms with Gasteiger partial charge in [0.15, 0.2) is 11.6 Å². The van der Waals surface area contributed by atoms with Gasteiger partial charge in [-0.3, -0.25) is 24.0 Å². The number of aliphatic hydroxyl groups excluding tert-OH is 1. The molecule has 4 aliphatic heterocycles. The third-order valence-electron chi connectivity index (χ3n) is 35.4. The number of carbonyl (C=O) groups excluding carboxylic acids is 5. The number of nitrogens with zero attached hydrogens (tertiary/aromatic N) is 3. The predicted octanol–water partition coefficient (Wildman–Crippen LogP) is 15.1. The Morgan fingerprint density at radius 2 is 0.770 bits per heavy atom. The number of piperidine rings is 4. The zero-order valence-corrected chi connectivity index (χ0v) is 70.7. The summed E-state index contributed by atoms with van der Waals surface area (Å²) in [6.45, 7) is 7.06. The molecule has 4 spiro atoms. The summed E-state index contributed by atoms with van der Waals surface area (Å²) in [5.74, 6) is 18.7. The summed E-state index contributed by atoms with van der Waals surface area (Å²) in [5, 5.41) is 14.5. The molecule has 28 rings (SSSR count). The second-order valence-corrected chi connectivity index (χ2v) is 42.1. The number of Topliss-reactive ketones (excluding diaryl/α,β-unsaturated/α-hetero) is 2. The van der Waals surface area contributed by atoms with Gasteiger partial charge in [0.2, 0.25) is 17.7 Å². The second-order valence-electron chi connectivity index (χ2n) is 42.1. The van der Waals surface area contributed by atoms with E-state index in [1.807, 2.05) is 42.5 Å². The van der Waals surface area contributed by atoms with E-state index in [2.05, 4.69) is 74.6 Å². The van der Waals surface area contributed by atoms with Crippen molar-refractivity contribution in [3.63, 3.8) is 0 Å². The largest absolute Gasteiger partial charge is 1.00 e. The van der Waals surface area contributed by atoms with Crippen molar-refractivity contribution in [1.82, 2.24) is 20.0 Å². The van der Waals surface area contributed by atoms with Crippen LogP contribution in [0.2, 0.25) is 0 Å². The van der Waals surface area contributed by atoms with Gasteiger partial charge in [0.05, 0.1) is 16.9 Å². The van der Waals surface area contributed by atoms with E-state index in [1.54, 1.807) is 6.42 Å². The molecule has 4 aromatic carbocycles. The molecule has 3 amide bonds. The minimum absolute atomic E-state index is 0. The number of likely N-dealkylation sites (tertiary alicyclic amines) is 3. The smallest absolute Gasteiger partial charge is 1.00 e. The van der Waals surface area contributed by atoms with Gasteiger partial charge in [0, 0.05) is 96.1 Å². The Kier molecular flexibility index (Phi) is 24.4. The van der Waals surface area contributed by atoms with Gasteiger partial charge in [0.1, 0.15) is 0 Å². The molecule has 20 aliphatic carbocycles. The standard InChI is InChI=1S/C25H33NO2.C25H31NO2.C25H33NO.C13H15NO.C10H17N.CH4.B.ClH.Na.H/c2*27-23(13-22-19-9-16-8-17(11-19)12-20(22)10-16)26-7-3-6-25(15-26)14-18-4-1-2-5-21(18)24(25)28;27-24(13-23-21-9-17-8-18(11-21)12-22(23)10-17)26-7-3-6-25(16-26)14-19-4-1-2-5-20(19)15-25;15-12-11-5-2-1-4-10(11)8-13(12)6-3-7-14-9-13;11-10-8-2-6-1-7(4-8)5-9(10)3-6;;;;;/h1-2,4-5,16-17,19-20,22,24,28H,3,6-15H2;1-2,4-5,16-17,19-20,22H,3,6-15H2;1-2,4-5,17-18,21-23H,3,6-16H2;1-2,4-5,14H,3,6-9H2;6-10H,1-5,11H2;1H4;;1H;;/q;;;;;;;;+1;-1. The van der Waals surface area contributed by atoms with Crippen molar-refractivity contribution in [1.29, 1.82) is 0 Å². The summed E-state index contributed by atoms with van der Waals surface area (Å²) >= 11 is 0. The molecule has 603 valence electrons. The Bertz CT molecular complexity index is 3990. The molecule has 11 nitrogen and oxygen atoms in total. The van der Waals surface area contributed by atoms with Crippen molar-refractivity contribution < 1.29 is 60.1 Å². The van der Waals surface area contributed by atoms with E-state index < -0.39 is 6.10 Å². The van der Waals surface area contributed by atoms with Gasteiger partial charge in [0.25, 0.3) is 0 Å². The van der Waals surface area contributed by atoms with Crippen LogP contribution < -0.4 is 40.6 Å². The SMILES string of the molecule is C.Cl.NC1C2CC3CC(C2)CC1C3.O=C(CC1C2CC3CC(C2)CC1C3)N1CCCC2(Cc3ccccc3C2)C1.O=C(CC1C2CC3CC(C2)CC1C3)N1CCCC2(Cc3ccccc3C2=O)C1.O=C(CC1C2CC3CC(C2)CC1C3)N1CCCC2(Cc3ccccc3C2O)C1.O=C1c2ccccc2CC12CCCNC2.[B].[H-].[Na+]. The fourth-order valence-corrected chi connectivity index (χ4v) is 31.3. The van der Waals surface area contributed by atoms with Crippen LogP contribution in [0.1, 0.15) is 268 Å². The summed E-state index contributed by atoms with van der Waals surface area (Å²) in [4.78, 5) is 72.0. The zero-order chi connectivity index (χ0) is 73.5. The number of nitrogens with two attached hydrogens (primary N) is 1. The molecule has 4 aromatic rings. The fraction of sp³-hybridized carbons (Fsp3) is 0.707. The van der Waals surface area contributed by atoms with Gasteiger partial charge in [-0.2, -0.15) is 0 Å². The van der Waals surface area contributed by atoms with Crippen LogP contribution in [0.15, 0.2) is 97.1 Å². The number of nitrogens with one attached hydrogen (secondary N) is 1. The van der Waals surface area contributed by atoms with E-state index in [0.29, 0.717) is 59.3 Å². The molecule has 4 N–H and O–H groups in total. The summed E-state index contributed by atoms with van der Waals surface area (Å²) in [7, 11) is 0. The maximum absolute atomic E-state index is 13.4. The molecule has 3 radical (unpaired) electrons. The molecule has 4 saturated heterocycles. The third-order valence-corrected chi connectivity index (χ3v) is 35.4. The molecular weight excluding hydrogens is 1420 g/mol. The molecular formula is C99H135BClN5NaO6. The number of benzene rings is 4. The van der Waals surface area contributed by atoms with Crippen LogP contribution in [-0.4, -0.2) is 116 Å². The number of aliphatic hydroxyl groups is 1. The normalized spacial score (nSPS) is 39.9. The zero-order valence-electron chi connectivity index (χ0n) is 68.9. The van der Waals surface area contributed by atoms with Gasteiger partial charge >= 0.3 is 29.6 Å². The number of hydrogen-bond donors (Lipinski definition) is 3. The number of ketones is 2. The van der Waals surface area contributed by atoms with Crippen molar-refractivity contribution in [2.24, 2.45) is 140 Å². The van der Waals surface area contributed by atoms with Gasteiger partial charge in [-0.25, -0.2) is 0 Å². The Labute approximate surface area is 709 Å². The maximum Gasteiger partial charge on any atom is 1.00 e. The number of rotatable bonds is 6.